The Labute approximate surface area is 256 Å². The van der Waals surface area contributed by atoms with Gasteiger partial charge in [0.15, 0.2) is 0 Å². The van der Waals surface area contributed by atoms with Crippen molar-refractivity contribution in [3.05, 3.63) is 58.1 Å². The molecular formula is C33H48ClN3O5. The first-order valence-electron chi connectivity index (χ1n) is 14.6. The van der Waals surface area contributed by atoms with E-state index in [2.05, 4.69) is 24.5 Å². The highest BCUT2D eigenvalue weighted by Crippen LogP contribution is 2.36. The van der Waals surface area contributed by atoms with E-state index in [1.54, 1.807) is 58.0 Å². The molecule has 0 fully saturated rings. The lowest BCUT2D eigenvalue weighted by Gasteiger charge is -2.40. The summed E-state index contributed by atoms with van der Waals surface area (Å²) >= 11 is 6.47. The number of alkyl carbamates (subject to hydrolysis) is 1. The number of para-hydroxylation sites is 2. The van der Waals surface area contributed by atoms with Crippen LogP contribution >= 0.6 is 11.6 Å². The molecule has 0 aliphatic carbocycles. The fourth-order valence-corrected chi connectivity index (χ4v) is 4.99. The first-order chi connectivity index (χ1) is 19.4. The van der Waals surface area contributed by atoms with Crippen LogP contribution in [0.25, 0.3) is 0 Å². The fraction of sp³-hybridized carbons (Fsp3) is 0.545. The molecule has 2 aromatic rings. The van der Waals surface area contributed by atoms with Crippen molar-refractivity contribution in [2.45, 2.75) is 106 Å². The van der Waals surface area contributed by atoms with Gasteiger partial charge in [-0.15, -0.1) is 0 Å². The lowest BCUT2D eigenvalue weighted by Crippen LogP contribution is -2.56. The van der Waals surface area contributed by atoms with Crippen LogP contribution in [0.15, 0.2) is 36.4 Å². The summed E-state index contributed by atoms with van der Waals surface area (Å²) < 4.78 is 5.47. The van der Waals surface area contributed by atoms with Crippen LogP contribution in [0.4, 0.5) is 10.5 Å². The summed E-state index contributed by atoms with van der Waals surface area (Å²) in [4.78, 5) is 43.2. The number of hydrogen-bond acceptors (Lipinski definition) is 5. The van der Waals surface area contributed by atoms with E-state index >= 15 is 0 Å². The van der Waals surface area contributed by atoms with Gasteiger partial charge in [0.25, 0.3) is 5.91 Å². The summed E-state index contributed by atoms with van der Waals surface area (Å²) in [5.41, 5.74) is 1.26. The number of anilines is 1. The normalized spacial score (nSPS) is 13.8. The molecule has 3 atom stereocenters. The second-order valence-corrected chi connectivity index (χ2v) is 13.2. The Hall–Kier alpha value is -3.26. The quantitative estimate of drug-likeness (QED) is 0.246. The van der Waals surface area contributed by atoms with Gasteiger partial charge in [-0.2, -0.15) is 0 Å². The molecule has 3 amide bonds. The summed E-state index contributed by atoms with van der Waals surface area (Å²) in [5, 5.41) is 17.2. The van der Waals surface area contributed by atoms with Crippen molar-refractivity contribution in [3.8, 4) is 5.75 Å². The molecule has 3 N–H and O–H groups in total. The third-order valence-electron chi connectivity index (χ3n) is 7.06. The lowest BCUT2D eigenvalue weighted by molar-refractivity contribution is -0.144. The fourth-order valence-electron chi connectivity index (χ4n) is 4.72. The summed E-state index contributed by atoms with van der Waals surface area (Å²) in [6.07, 6.45) is 0.673. The Kier molecular flexibility index (Phi) is 12.3. The third-order valence-corrected chi connectivity index (χ3v) is 7.37. The van der Waals surface area contributed by atoms with E-state index < -0.39 is 41.6 Å². The number of rotatable bonds is 11. The van der Waals surface area contributed by atoms with E-state index in [1.165, 1.54) is 4.90 Å². The van der Waals surface area contributed by atoms with Gasteiger partial charge in [-0.25, -0.2) is 4.79 Å². The van der Waals surface area contributed by atoms with Gasteiger partial charge in [0.2, 0.25) is 5.91 Å². The zero-order valence-corrected chi connectivity index (χ0v) is 27.4. The molecule has 0 radical (unpaired) electrons. The minimum absolute atomic E-state index is 0.0800. The molecule has 0 saturated heterocycles. The van der Waals surface area contributed by atoms with Gasteiger partial charge in [0.1, 0.15) is 23.4 Å². The molecule has 42 heavy (non-hydrogen) atoms. The van der Waals surface area contributed by atoms with Crippen molar-refractivity contribution < 1.29 is 24.2 Å². The number of carbonyl (C=O) groups is 3. The van der Waals surface area contributed by atoms with E-state index in [1.807, 2.05) is 33.8 Å². The Morgan fingerprint density at radius 3 is 2.10 bits per heavy atom. The second kappa shape index (κ2) is 14.8. The van der Waals surface area contributed by atoms with Crippen molar-refractivity contribution >= 4 is 35.2 Å². The molecule has 0 heterocycles. The predicted octanol–water partition coefficient (Wildman–Crippen LogP) is 7.54. The molecule has 9 heteroatoms. The maximum Gasteiger partial charge on any atom is 0.408 e. The van der Waals surface area contributed by atoms with Crippen LogP contribution in [0, 0.1) is 25.7 Å². The standard InChI is InChI=1S/C33H48ClN3O5/c1-19(2)17-18-23(7)37(31(40)26(20(3)4)36-32(41)42-33(8,9)10)28(24-15-11-14-22(6)29(24)38)30(39)35-27-21(5)13-12-16-25(27)34/h11-16,19-20,23,26,28,38H,17-18H2,1-10H3,(H,35,39)(H,36,41). The molecule has 0 aliphatic rings. The molecule has 8 nitrogen and oxygen atoms in total. The second-order valence-electron chi connectivity index (χ2n) is 12.8. The Balaban J connectivity index is 2.72. The van der Waals surface area contributed by atoms with Gasteiger partial charge in [0.05, 0.1) is 10.7 Å². The molecule has 2 aromatic carbocycles. The zero-order valence-electron chi connectivity index (χ0n) is 26.7. The third kappa shape index (κ3) is 9.38. The number of nitrogens with zero attached hydrogens (tertiary/aromatic N) is 1. The van der Waals surface area contributed by atoms with Gasteiger partial charge < -0.3 is 25.4 Å². The highest BCUT2D eigenvalue weighted by atomic mass is 35.5. The number of aryl methyl sites for hydroxylation is 2. The number of ether oxygens (including phenoxy) is 1. The number of aromatic hydroxyl groups is 1. The summed E-state index contributed by atoms with van der Waals surface area (Å²) in [6, 6.07) is 7.77. The largest absolute Gasteiger partial charge is 0.507 e. The van der Waals surface area contributed by atoms with Crippen LogP contribution in [-0.2, 0) is 14.3 Å². The van der Waals surface area contributed by atoms with Gasteiger partial charge in [-0.3, -0.25) is 9.59 Å². The van der Waals surface area contributed by atoms with E-state index in [9.17, 15) is 19.5 Å². The Bertz CT molecular complexity index is 1230. The number of hydrogen-bond donors (Lipinski definition) is 3. The van der Waals surface area contributed by atoms with Gasteiger partial charge in [-0.1, -0.05) is 69.6 Å². The van der Waals surface area contributed by atoms with Crippen molar-refractivity contribution in [1.29, 1.82) is 0 Å². The molecule has 2 rings (SSSR count). The van der Waals surface area contributed by atoms with Gasteiger partial charge in [0, 0.05) is 11.6 Å². The maximum absolute atomic E-state index is 14.5. The SMILES string of the molecule is Cc1cccc(C(C(=O)Nc2c(C)cccc2Cl)N(C(=O)C(NC(=O)OC(C)(C)C)C(C)C)C(C)CCC(C)C)c1O. The maximum atomic E-state index is 14.5. The first-order valence-corrected chi connectivity index (χ1v) is 15.0. The minimum atomic E-state index is -1.23. The van der Waals surface area contributed by atoms with E-state index in [0.717, 1.165) is 12.0 Å². The topological polar surface area (TPSA) is 108 Å². The van der Waals surface area contributed by atoms with Crippen molar-refractivity contribution in [1.82, 2.24) is 10.2 Å². The smallest absolute Gasteiger partial charge is 0.408 e. The van der Waals surface area contributed by atoms with Crippen molar-refractivity contribution in [2.24, 2.45) is 11.8 Å². The molecule has 0 spiro atoms. The number of phenols is 1. The highest BCUT2D eigenvalue weighted by molar-refractivity contribution is 6.34. The Morgan fingerprint density at radius 2 is 1.55 bits per heavy atom. The zero-order chi connectivity index (χ0) is 31.9. The van der Waals surface area contributed by atoms with Crippen LogP contribution < -0.4 is 10.6 Å². The first kappa shape index (κ1) is 34.9. The molecule has 0 aromatic heterocycles. The summed E-state index contributed by atoms with van der Waals surface area (Å²) in [7, 11) is 0. The lowest BCUT2D eigenvalue weighted by atomic mass is 9.93. The monoisotopic (exact) mass is 601 g/mol. The van der Waals surface area contributed by atoms with Crippen LogP contribution in [-0.4, -0.2) is 45.6 Å². The average molecular weight is 602 g/mol. The summed E-state index contributed by atoms with van der Waals surface area (Å²) in [5.74, 6) is -1.04. The van der Waals surface area contributed by atoms with E-state index in [0.29, 0.717) is 28.6 Å². The predicted molar refractivity (Wildman–Crippen MR) is 169 cm³/mol. The average Bonchev–Trinajstić information content (AvgIpc) is 2.87. The molecule has 3 unspecified atom stereocenters. The van der Waals surface area contributed by atoms with Crippen LogP contribution in [0.2, 0.25) is 5.02 Å². The number of amides is 3. The number of phenolic OH excluding ortho intramolecular Hbond substituents is 1. The molecule has 232 valence electrons. The van der Waals surface area contributed by atoms with Crippen molar-refractivity contribution in [2.75, 3.05) is 5.32 Å². The van der Waals surface area contributed by atoms with E-state index in [4.69, 9.17) is 16.3 Å². The number of halogens is 1. The molecule has 0 bridgehead atoms. The minimum Gasteiger partial charge on any atom is -0.507 e. The summed E-state index contributed by atoms with van der Waals surface area (Å²) in [6.45, 7) is 18.5. The number of benzene rings is 2. The number of nitrogens with one attached hydrogen (secondary N) is 2. The van der Waals surface area contributed by atoms with Crippen LogP contribution in [0.1, 0.15) is 91.0 Å². The van der Waals surface area contributed by atoms with Gasteiger partial charge >= 0.3 is 6.09 Å². The van der Waals surface area contributed by atoms with E-state index in [-0.39, 0.29) is 17.2 Å². The molecule has 0 aliphatic heterocycles. The number of carbonyl (C=O) groups excluding carboxylic acids is 3. The van der Waals surface area contributed by atoms with Crippen molar-refractivity contribution in [3.63, 3.8) is 0 Å². The molecule has 0 saturated carbocycles. The highest BCUT2D eigenvalue weighted by Gasteiger charge is 2.41. The Morgan fingerprint density at radius 1 is 0.952 bits per heavy atom. The molecular weight excluding hydrogens is 554 g/mol. The van der Waals surface area contributed by atoms with Gasteiger partial charge in [-0.05, 0) is 83.4 Å². The van der Waals surface area contributed by atoms with Crippen LogP contribution in [0.3, 0.4) is 0 Å². The van der Waals surface area contributed by atoms with Crippen LogP contribution in [0.5, 0.6) is 5.75 Å².